The van der Waals surface area contributed by atoms with E-state index in [0.717, 1.165) is 22.3 Å². The van der Waals surface area contributed by atoms with Crippen LogP contribution in [0.3, 0.4) is 0 Å². The van der Waals surface area contributed by atoms with Crippen molar-refractivity contribution >= 4 is 46.5 Å². The van der Waals surface area contributed by atoms with E-state index in [0.29, 0.717) is 31.7 Å². The summed E-state index contributed by atoms with van der Waals surface area (Å²) >= 11 is 0.744. The van der Waals surface area contributed by atoms with Gasteiger partial charge < -0.3 is 19.6 Å². The molecule has 10 heteroatoms. The molecule has 2 aliphatic rings. The fourth-order valence-electron chi connectivity index (χ4n) is 3.74. The van der Waals surface area contributed by atoms with Crippen LogP contribution in [-0.4, -0.2) is 77.3 Å². The molecule has 2 fully saturated rings. The van der Waals surface area contributed by atoms with Crippen LogP contribution in [-0.2, 0) is 14.4 Å². The Balaban J connectivity index is 1.38. The predicted octanol–water partition coefficient (Wildman–Crippen LogP) is 2.54. The van der Waals surface area contributed by atoms with E-state index in [4.69, 9.17) is 9.84 Å². The third kappa shape index (κ3) is 5.40. The molecule has 0 unspecified atom stereocenters. The molecule has 3 amide bonds. The van der Waals surface area contributed by atoms with Gasteiger partial charge in [0.05, 0.1) is 4.91 Å². The number of benzene rings is 2. The number of amides is 3. The van der Waals surface area contributed by atoms with Gasteiger partial charge in [0.2, 0.25) is 5.91 Å². The summed E-state index contributed by atoms with van der Waals surface area (Å²) in [5, 5.41) is 8.32. The lowest BCUT2D eigenvalue weighted by molar-refractivity contribution is -0.139. The number of rotatable bonds is 7. The summed E-state index contributed by atoms with van der Waals surface area (Å²) in [6, 6.07) is 16.6. The first-order valence-corrected chi connectivity index (χ1v) is 11.5. The minimum atomic E-state index is -1.13. The molecule has 0 saturated carbocycles. The van der Waals surface area contributed by atoms with Crippen molar-refractivity contribution in [1.29, 1.82) is 0 Å². The summed E-state index contributed by atoms with van der Waals surface area (Å²) in [4.78, 5) is 53.9. The van der Waals surface area contributed by atoms with Gasteiger partial charge in [0.25, 0.3) is 11.1 Å². The molecule has 2 heterocycles. The Labute approximate surface area is 200 Å². The Morgan fingerprint density at radius 2 is 1.65 bits per heavy atom. The highest BCUT2D eigenvalue weighted by Crippen LogP contribution is 2.34. The summed E-state index contributed by atoms with van der Waals surface area (Å²) < 4.78 is 5.25. The number of ether oxygens (including phenoxy) is 1. The maximum absolute atomic E-state index is 12.9. The zero-order chi connectivity index (χ0) is 24.1. The maximum atomic E-state index is 12.9. The second-order valence-electron chi connectivity index (χ2n) is 7.69. The highest BCUT2D eigenvalue weighted by Gasteiger charge is 2.37. The summed E-state index contributed by atoms with van der Waals surface area (Å²) in [5.41, 5.74) is 1.57. The lowest BCUT2D eigenvalue weighted by Gasteiger charge is -2.36. The molecular weight excluding hydrogens is 458 g/mol. The van der Waals surface area contributed by atoms with Gasteiger partial charge >= 0.3 is 5.97 Å². The molecule has 2 aromatic rings. The monoisotopic (exact) mass is 481 g/mol. The Kier molecular flexibility index (Phi) is 7.17. The first-order valence-electron chi connectivity index (χ1n) is 10.7. The Hall–Kier alpha value is -3.79. The number of anilines is 1. The normalized spacial score (nSPS) is 17.4. The topological polar surface area (TPSA) is 107 Å². The van der Waals surface area contributed by atoms with Crippen LogP contribution < -0.4 is 9.64 Å². The number of carbonyl (C=O) groups is 4. The van der Waals surface area contributed by atoms with Crippen molar-refractivity contribution in [3.63, 3.8) is 0 Å². The zero-order valence-corrected chi connectivity index (χ0v) is 19.1. The number of imide groups is 1. The van der Waals surface area contributed by atoms with Crippen molar-refractivity contribution in [3.8, 4) is 5.75 Å². The average Bonchev–Trinajstić information content (AvgIpc) is 3.11. The average molecular weight is 482 g/mol. The molecule has 34 heavy (non-hydrogen) atoms. The fraction of sp³-hybridized carbons (Fsp3) is 0.250. The van der Waals surface area contributed by atoms with Gasteiger partial charge in [0.1, 0.15) is 12.3 Å². The molecule has 0 aromatic heterocycles. The number of carboxylic acid groups (broad SMARTS) is 1. The van der Waals surface area contributed by atoms with Gasteiger partial charge in [-0.05, 0) is 36.0 Å². The number of carbonyl (C=O) groups excluding carboxylic acids is 3. The maximum Gasteiger partial charge on any atom is 0.341 e. The summed E-state index contributed by atoms with van der Waals surface area (Å²) in [7, 11) is 0. The van der Waals surface area contributed by atoms with E-state index in [9.17, 15) is 19.2 Å². The molecule has 0 bridgehead atoms. The van der Waals surface area contributed by atoms with Gasteiger partial charge in [-0.2, -0.15) is 0 Å². The van der Waals surface area contributed by atoms with Gasteiger partial charge in [-0.25, -0.2) is 4.79 Å². The van der Waals surface area contributed by atoms with Gasteiger partial charge in [0, 0.05) is 37.4 Å². The second-order valence-corrected chi connectivity index (χ2v) is 8.68. The molecule has 0 radical (unpaired) electrons. The summed E-state index contributed by atoms with van der Waals surface area (Å²) in [6.07, 6.45) is 1.48. The second kappa shape index (κ2) is 10.4. The van der Waals surface area contributed by atoms with Crippen molar-refractivity contribution in [2.24, 2.45) is 0 Å². The quantitative estimate of drug-likeness (QED) is 0.602. The molecule has 2 saturated heterocycles. The third-order valence-electron chi connectivity index (χ3n) is 5.48. The van der Waals surface area contributed by atoms with Crippen molar-refractivity contribution < 1.29 is 29.0 Å². The van der Waals surface area contributed by atoms with Gasteiger partial charge in [-0.3, -0.25) is 19.3 Å². The highest BCUT2D eigenvalue weighted by molar-refractivity contribution is 8.18. The minimum absolute atomic E-state index is 0.151. The van der Waals surface area contributed by atoms with E-state index >= 15 is 0 Å². The molecule has 176 valence electrons. The molecule has 9 nitrogen and oxygen atoms in total. The van der Waals surface area contributed by atoms with E-state index in [1.54, 1.807) is 29.2 Å². The number of aliphatic carboxylic acids is 1. The molecule has 1 N–H and O–H groups in total. The molecular formula is C24H23N3O6S. The van der Waals surface area contributed by atoms with E-state index in [1.165, 1.54) is 6.08 Å². The minimum Gasteiger partial charge on any atom is -0.481 e. The third-order valence-corrected chi connectivity index (χ3v) is 6.38. The van der Waals surface area contributed by atoms with Crippen LogP contribution in [0.15, 0.2) is 59.5 Å². The van der Waals surface area contributed by atoms with Crippen LogP contribution in [0.4, 0.5) is 10.5 Å². The standard InChI is InChI=1S/C24H23N3O6S/c28-21(26-12-10-25(11-13-26)18-7-2-1-3-8-18)15-27-23(31)20(34-24(27)32)14-17-6-4-5-9-19(17)33-16-22(29)30/h1-9,14H,10-13,15-16H2,(H,29,30). The Bertz CT molecular complexity index is 1130. The Morgan fingerprint density at radius 3 is 2.35 bits per heavy atom. The van der Waals surface area contributed by atoms with Crippen LogP contribution in [0.2, 0.25) is 0 Å². The van der Waals surface area contributed by atoms with Crippen LogP contribution in [0, 0.1) is 0 Å². The van der Waals surface area contributed by atoms with Crippen molar-refractivity contribution in [2.75, 3.05) is 44.2 Å². The lowest BCUT2D eigenvalue weighted by Crippen LogP contribution is -2.51. The van der Waals surface area contributed by atoms with E-state index in [1.807, 2.05) is 30.3 Å². The van der Waals surface area contributed by atoms with E-state index in [2.05, 4.69) is 4.90 Å². The van der Waals surface area contributed by atoms with E-state index in [-0.39, 0.29) is 23.1 Å². The molecule has 0 aliphatic carbocycles. The van der Waals surface area contributed by atoms with Gasteiger partial charge in [-0.1, -0.05) is 36.4 Å². The van der Waals surface area contributed by atoms with Crippen LogP contribution in [0.5, 0.6) is 5.75 Å². The fourth-order valence-corrected chi connectivity index (χ4v) is 4.57. The predicted molar refractivity (Wildman–Crippen MR) is 127 cm³/mol. The molecule has 2 aliphatic heterocycles. The van der Waals surface area contributed by atoms with Crippen molar-refractivity contribution in [3.05, 3.63) is 65.1 Å². The van der Waals surface area contributed by atoms with Crippen LogP contribution in [0.1, 0.15) is 5.56 Å². The van der Waals surface area contributed by atoms with Gasteiger partial charge in [0.15, 0.2) is 6.61 Å². The highest BCUT2D eigenvalue weighted by atomic mass is 32.2. The number of hydrogen-bond donors (Lipinski definition) is 1. The smallest absolute Gasteiger partial charge is 0.341 e. The zero-order valence-electron chi connectivity index (χ0n) is 18.3. The lowest BCUT2D eigenvalue weighted by atomic mass is 10.2. The summed E-state index contributed by atoms with van der Waals surface area (Å²) in [5.74, 6) is -1.68. The number of hydrogen-bond acceptors (Lipinski definition) is 7. The van der Waals surface area contributed by atoms with Crippen LogP contribution in [0.25, 0.3) is 6.08 Å². The summed E-state index contributed by atoms with van der Waals surface area (Å²) in [6.45, 7) is 1.51. The number of nitrogens with zero attached hydrogens (tertiary/aromatic N) is 3. The van der Waals surface area contributed by atoms with E-state index < -0.39 is 23.7 Å². The van der Waals surface area contributed by atoms with Gasteiger partial charge in [-0.15, -0.1) is 0 Å². The number of piperazine rings is 1. The number of thioether (sulfide) groups is 1. The molecule has 0 atom stereocenters. The molecule has 0 spiro atoms. The first-order chi connectivity index (χ1) is 16.4. The SMILES string of the molecule is O=C(O)COc1ccccc1C=C1SC(=O)N(CC(=O)N2CCN(c3ccccc3)CC2)C1=O. The Morgan fingerprint density at radius 1 is 0.971 bits per heavy atom. The molecule has 2 aromatic carbocycles. The number of carboxylic acids is 1. The van der Waals surface area contributed by atoms with Crippen LogP contribution >= 0.6 is 11.8 Å². The largest absolute Gasteiger partial charge is 0.481 e. The first kappa shape index (κ1) is 23.4. The van der Waals surface area contributed by atoms with Crippen molar-refractivity contribution in [2.45, 2.75) is 0 Å². The van der Waals surface area contributed by atoms with Crippen molar-refractivity contribution in [1.82, 2.24) is 9.80 Å². The number of para-hydroxylation sites is 2. The molecule has 4 rings (SSSR count).